The number of carbonyl (C=O) groups is 1. The molecule has 0 radical (unpaired) electrons. The summed E-state index contributed by atoms with van der Waals surface area (Å²) in [6.45, 7) is 5.10. The van der Waals surface area contributed by atoms with Gasteiger partial charge in [0.05, 0.1) is 6.54 Å². The van der Waals surface area contributed by atoms with Crippen LogP contribution in [0.1, 0.15) is 42.1 Å². The topological polar surface area (TPSA) is 55.6 Å². The number of aryl methyl sites for hydroxylation is 2. The Balaban J connectivity index is 1.80. The van der Waals surface area contributed by atoms with Gasteiger partial charge in [-0.3, -0.25) is 4.79 Å². The number of carbonyl (C=O) groups excluding carboxylic acids is 1. The van der Waals surface area contributed by atoms with Gasteiger partial charge in [-0.05, 0) is 30.5 Å². The van der Waals surface area contributed by atoms with E-state index in [2.05, 4.69) is 31.1 Å². The third-order valence-corrected chi connectivity index (χ3v) is 3.65. The minimum absolute atomic E-state index is 0.152. The maximum Gasteiger partial charge on any atom is 0.275 e. The van der Waals surface area contributed by atoms with Crippen LogP contribution in [0.4, 0.5) is 0 Å². The van der Waals surface area contributed by atoms with E-state index in [1.54, 1.807) is 18.0 Å². The Morgan fingerprint density at radius 3 is 2.65 bits per heavy atom. The Morgan fingerprint density at radius 2 is 2.00 bits per heavy atom. The van der Waals surface area contributed by atoms with Crippen LogP contribution in [0, 0.1) is 0 Å². The molecule has 0 aliphatic rings. The summed E-state index contributed by atoms with van der Waals surface area (Å²) in [5.74, 6) is 1.41. The van der Waals surface area contributed by atoms with Gasteiger partial charge in [-0.25, -0.2) is 0 Å². The predicted octanol–water partition coefficient (Wildman–Crippen LogP) is 3.34. The Morgan fingerprint density at radius 1 is 1.26 bits per heavy atom. The smallest absolute Gasteiger partial charge is 0.275 e. The number of benzene rings is 1. The van der Waals surface area contributed by atoms with Crippen LogP contribution in [0.3, 0.4) is 0 Å². The van der Waals surface area contributed by atoms with Crippen molar-refractivity contribution in [2.45, 2.75) is 33.1 Å². The minimum Gasteiger partial charge on any atom is -0.492 e. The van der Waals surface area contributed by atoms with Crippen LogP contribution < -0.4 is 4.74 Å². The summed E-state index contributed by atoms with van der Waals surface area (Å²) in [5.41, 5.74) is 1.63. The first-order valence-electron chi connectivity index (χ1n) is 8.06. The lowest BCUT2D eigenvalue weighted by atomic mass is 10.2. The van der Waals surface area contributed by atoms with E-state index in [1.807, 2.05) is 12.1 Å². The molecular formula is C18H24N2O3. The van der Waals surface area contributed by atoms with Gasteiger partial charge in [0.15, 0.2) is 5.69 Å². The molecule has 5 heteroatoms. The van der Waals surface area contributed by atoms with Crippen molar-refractivity contribution in [1.29, 1.82) is 0 Å². The summed E-state index contributed by atoms with van der Waals surface area (Å²) in [7, 11) is 1.74. The number of rotatable bonds is 8. The van der Waals surface area contributed by atoms with Gasteiger partial charge < -0.3 is 14.2 Å². The van der Waals surface area contributed by atoms with E-state index < -0.39 is 0 Å². The van der Waals surface area contributed by atoms with Gasteiger partial charge in [-0.15, -0.1) is 0 Å². The van der Waals surface area contributed by atoms with Crippen LogP contribution >= 0.6 is 0 Å². The number of amides is 1. The second kappa shape index (κ2) is 8.36. The Kier molecular flexibility index (Phi) is 6.20. The normalized spacial score (nSPS) is 10.6. The van der Waals surface area contributed by atoms with Gasteiger partial charge in [-0.2, -0.15) is 0 Å². The fraction of sp³-hybridized carbons (Fsp3) is 0.444. The van der Waals surface area contributed by atoms with E-state index in [1.165, 1.54) is 5.56 Å². The van der Waals surface area contributed by atoms with Crippen molar-refractivity contribution in [3.8, 4) is 5.75 Å². The zero-order valence-electron chi connectivity index (χ0n) is 14.0. The molecule has 5 nitrogen and oxygen atoms in total. The molecule has 0 aliphatic carbocycles. The maximum atomic E-state index is 12.2. The Labute approximate surface area is 137 Å². The second-order valence-corrected chi connectivity index (χ2v) is 5.50. The molecule has 0 unspecified atom stereocenters. The second-order valence-electron chi connectivity index (χ2n) is 5.50. The lowest BCUT2D eigenvalue weighted by molar-refractivity contribution is 0.0763. The molecule has 0 saturated carbocycles. The highest BCUT2D eigenvalue weighted by Gasteiger charge is 2.16. The molecule has 1 aromatic carbocycles. The van der Waals surface area contributed by atoms with Crippen LogP contribution in [-0.4, -0.2) is 36.2 Å². The van der Waals surface area contributed by atoms with Gasteiger partial charge in [0.1, 0.15) is 18.1 Å². The molecule has 0 fully saturated rings. The van der Waals surface area contributed by atoms with Crippen LogP contribution in [0.5, 0.6) is 5.75 Å². The van der Waals surface area contributed by atoms with Crippen molar-refractivity contribution in [3.05, 3.63) is 47.3 Å². The van der Waals surface area contributed by atoms with Crippen LogP contribution in [0.2, 0.25) is 0 Å². The molecule has 124 valence electrons. The number of ether oxygens (including phenoxy) is 1. The van der Waals surface area contributed by atoms with E-state index >= 15 is 0 Å². The largest absolute Gasteiger partial charge is 0.492 e. The summed E-state index contributed by atoms with van der Waals surface area (Å²) in [6.07, 6.45) is 2.76. The van der Waals surface area contributed by atoms with Crippen molar-refractivity contribution in [3.63, 3.8) is 0 Å². The first-order valence-corrected chi connectivity index (χ1v) is 8.06. The summed E-state index contributed by atoms with van der Waals surface area (Å²) in [4.78, 5) is 13.8. The first kappa shape index (κ1) is 17.1. The highest BCUT2D eigenvalue weighted by Crippen LogP contribution is 2.13. The maximum absolute atomic E-state index is 12.2. The molecule has 1 amide bonds. The molecule has 23 heavy (non-hydrogen) atoms. The summed E-state index contributed by atoms with van der Waals surface area (Å²) < 4.78 is 10.8. The fourth-order valence-corrected chi connectivity index (χ4v) is 2.20. The third-order valence-electron chi connectivity index (χ3n) is 3.65. The van der Waals surface area contributed by atoms with Crippen molar-refractivity contribution in [1.82, 2.24) is 10.1 Å². The molecule has 0 saturated heterocycles. The van der Waals surface area contributed by atoms with Gasteiger partial charge >= 0.3 is 0 Å². The lowest BCUT2D eigenvalue weighted by Gasteiger charge is -2.16. The SMILES string of the molecule is CCCc1cc(C(=O)N(C)CCOc2ccc(CC)cc2)no1. The highest BCUT2D eigenvalue weighted by atomic mass is 16.5. The monoisotopic (exact) mass is 316 g/mol. The average molecular weight is 316 g/mol. The summed E-state index contributed by atoms with van der Waals surface area (Å²) in [5, 5.41) is 3.83. The van der Waals surface area contributed by atoms with Crippen LogP contribution in [0.15, 0.2) is 34.9 Å². The van der Waals surface area contributed by atoms with Crippen molar-refractivity contribution < 1.29 is 14.1 Å². The molecular weight excluding hydrogens is 292 g/mol. The van der Waals surface area contributed by atoms with Crippen molar-refractivity contribution in [2.75, 3.05) is 20.2 Å². The summed E-state index contributed by atoms with van der Waals surface area (Å²) in [6, 6.07) is 9.72. The van der Waals surface area contributed by atoms with Gasteiger partial charge in [0.2, 0.25) is 0 Å². The van der Waals surface area contributed by atoms with Gasteiger partial charge in [-0.1, -0.05) is 31.1 Å². The van der Waals surface area contributed by atoms with Gasteiger partial charge in [0, 0.05) is 19.5 Å². The molecule has 1 aromatic heterocycles. The van der Waals surface area contributed by atoms with Crippen LogP contribution in [0.25, 0.3) is 0 Å². The molecule has 0 atom stereocenters. The van der Waals surface area contributed by atoms with Crippen molar-refractivity contribution >= 4 is 5.91 Å². The molecule has 2 rings (SSSR count). The van der Waals surface area contributed by atoms with Crippen LogP contribution in [-0.2, 0) is 12.8 Å². The highest BCUT2D eigenvalue weighted by molar-refractivity contribution is 5.92. The average Bonchev–Trinajstić information content (AvgIpc) is 3.03. The molecule has 0 bridgehead atoms. The fourth-order valence-electron chi connectivity index (χ4n) is 2.20. The predicted molar refractivity (Wildman–Crippen MR) is 88.8 cm³/mol. The molecule has 0 spiro atoms. The number of aromatic nitrogens is 1. The number of hydrogen-bond acceptors (Lipinski definition) is 4. The Hall–Kier alpha value is -2.30. The van der Waals surface area contributed by atoms with E-state index in [4.69, 9.17) is 9.26 Å². The van der Waals surface area contributed by atoms with Crippen molar-refractivity contribution in [2.24, 2.45) is 0 Å². The molecule has 0 N–H and O–H groups in total. The minimum atomic E-state index is -0.152. The summed E-state index contributed by atoms with van der Waals surface area (Å²) >= 11 is 0. The standard InChI is InChI=1S/C18H24N2O3/c1-4-6-16-13-17(19-23-16)18(21)20(3)11-12-22-15-9-7-14(5-2)8-10-15/h7-10,13H,4-6,11-12H2,1-3H3. The van der Waals surface area contributed by atoms with E-state index in [0.29, 0.717) is 18.8 Å². The molecule has 0 aliphatic heterocycles. The number of hydrogen-bond donors (Lipinski definition) is 0. The van der Waals surface area contributed by atoms with E-state index in [-0.39, 0.29) is 5.91 Å². The molecule has 2 aromatic rings. The Bertz CT molecular complexity index is 619. The molecule has 1 heterocycles. The number of nitrogens with zero attached hydrogens (tertiary/aromatic N) is 2. The number of likely N-dealkylation sites (N-methyl/N-ethyl adjacent to an activating group) is 1. The van der Waals surface area contributed by atoms with E-state index in [0.717, 1.165) is 30.8 Å². The van der Waals surface area contributed by atoms with E-state index in [9.17, 15) is 4.79 Å². The third kappa shape index (κ3) is 4.84. The lowest BCUT2D eigenvalue weighted by Crippen LogP contribution is -2.31. The quantitative estimate of drug-likeness (QED) is 0.749. The van der Waals surface area contributed by atoms with Gasteiger partial charge in [0.25, 0.3) is 5.91 Å². The first-order chi connectivity index (χ1) is 11.1. The zero-order valence-corrected chi connectivity index (χ0v) is 14.0. The zero-order chi connectivity index (χ0) is 16.7.